The first-order valence-electron chi connectivity index (χ1n) is 8.12. The molecule has 3 rings (SSSR count). The van der Waals surface area contributed by atoms with E-state index in [1.54, 1.807) is 26.0 Å². The molecule has 1 amide bonds. The first kappa shape index (κ1) is 16.8. The van der Waals surface area contributed by atoms with Gasteiger partial charge in [0.15, 0.2) is 6.61 Å². The minimum Gasteiger partial charge on any atom is -0.483 e. The normalized spacial score (nSPS) is 14.9. The molecule has 0 N–H and O–H groups in total. The standard InChI is InChI=1S/C18H20ClNO4/c1-11-13-6-7-14(12(2)17(13)24-18(22)16(11)19)23-10-15(21)20-8-4-3-5-9-20/h6-7H,3-5,8-10H2,1-2H3. The fourth-order valence-electron chi connectivity index (χ4n) is 3.04. The summed E-state index contributed by atoms with van der Waals surface area (Å²) in [6.07, 6.45) is 3.27. The van der Waals surface area contributed by atoms with Crippen LogP contribution in [-0.2, 0) is 4.79 Å². The molecule has 0 unspecified atom stereocenters. The van der Waals surface area contributed by atoms with Gasteiger partial charge in [-0.05, 0) is 50.8 Å². The van der Waals surface area contributed by atoms with E-state index in [2.05, 4.69) is 0 Å². The molecule has 1 aliphatic heterocycles. The molecule has 2 aromatic rings. The van der Waals surface area contributed by atoms with Gasteiger partial charge in [0.25, 0.3) is 5.91 Å². The Morgan fingerprint density at radius 3 is 2.62 bits per heavy atom. The van der Waals surface area contributed by atoms with Crippen molar-refractivity contribution in [2.75, 3.05) is 19.7 Å². The lowest BCUT2D eigenvalue weighted by molar-refractivity contribution is -0.134. The van der Waals surface area contributed by atoms with E-state index in [0.717, 1.165) is 31.3 Å². The maximum Gasteiger partial charge on any atom is 0.355 e. The Morgan fingerprint density at radius 1 is 1.21 bits per heavy atom. The smallest absolute Gasteiger partial charge is 0.355 e. The molecule has 1 fully saturated rings. The van der Waals surface area contributed by atoms with Crippen molar-refractivity contribution in [3.63, 3.8) is 0 Å². The van der Waals surface area contributed by atoms with Gasteiger partial charge in [-0.25, -0.2) is 4.79 Å². The molecule has 6 heteroatoms. The Kier molecular flexibility index (Phi) is 4.81. The lowest BCUT2D eigenvalue weighted by Gasteiger charge is -2.26. The number of carbonyl (C=O) groups is 1. The Labute approximate surface area is 145 Å². The van der Waals surface area contributed by atoms with Gasteiger partial charge in [0.05, 0.1) is 0 Å². The molecule has 0 bridgehead atoms. The fraction of sp³-hybridized carbons (Fsp3) is 0.444. The van der Waals surface area contributed by atoms with Crippen LogP contribution in [0.4, 0.5) is 0 Å². The summed E-state index contributed by atoms with van der Waals surface area (Å²) in [5.41, 5.74) is 1.26. The lowest BCUT2D eigenvalue weighted by Crippen LogP contribution is -2.38. The molecule has 0 saturated carbocycles. The van der Waals surface area contributed by atoms with E-state index in [0.29, 0.717) is 22.5 Å². The second kappa shape index (κ2) is 6.85. The van der Waals surface area contributed by atoms with Crippen LogP contribution in [0.25, 0.3) is 11.0 Å². The van der Waals surface area contributed by atoms with E-state index in [9.17, 15) is 9.59 Å². The zero-order chi connectivity index (χ0) is 17.3. The van der Waals surface area contributed by atoms with Crippen molar-refractivity contribution in [3.05, 3.63) is 38.7 Å². The number of hydrogen-bond acceptors (Lipinski definition) is 4. The molecule has 2 heterocycles. The predicted molar refractivity (Wildman–Crippen MR) is 92.9 cm³/mol. The van der Waals surface area contributed by atoms with E-state index >= 15 is 0 Å². The third kappa shape index (κ3) is 3.13. The number of nitrogens with zero attached hydrogens (tertiary/aromatic N) is 1. The first-order chi connectivity index (χ1) is 11.5. The van der Waals surface area contributed by atoms with Gasteiger partial charge in [0.1, 0.15) is 16.4 Å². The van der Waals surface area contributed by atoms with Crippen LogP contribution in [0.5, 0.6) is 5.75 Å². The molecule has 1 aromatic heterocycles. The molecule has 1 aliphatic rings. The number of fused-ring (bicyclic) bond motifs is 1. The number of likely N-dealkylation sites (tertiary alicyclic amines) is 1. The van der Waals surface area contributed by atoms with Gasteiger partial charge in [-0.15, -0.1) is 0 Å². The molecule has 128 valence electrons. The maximum absolute atomic E-state index is 12.2. The Hall–Kier alpha value is -2.01. The lowest BCUT2D eigenvalue weighted by atomic mass is 10.1. The number of ether oxygens (including phenoxy) is 1. The summed E-state index contributed by atoms with van der Waals surface area (Å²) in [6, 6.07) is 3.58. The number of benzene rings is 1. The number of piperidine rings is 1. The SMILES string of the molecule is Cc1c(Cl)c(=O)oc2c(C)c(OCC(=O)N3CCCCC3)ccc12. The number of hydrogen-bond donors (Lipinski definition) is 0. The Morgan fingerprint density at radius 2 is 1.92 bits per heavy atom. The number of amides is 1. The molecule has 0 spiro atoms. The zero-order valence-corrected chi connectivity index (χ0v) is 14.6. The topological polar surface area (TPSA) is 59.8 Å². The summed E-state index contributed by atoms with van der Waals surface area (Å²) in [6.45, 7) is 5.17. The van der Waals surface area contributed by atoms with E-state index in [4.69, 9.17) is 20.8 Å². The van der Waals surface area contributed by atoms with E-state index in [-0.39, 0.29) is 17.5 Å². The van der Waals surface area contributed by atoms with Gasteiger partial charge in [0.2, 0.25) is 0 Å². The number of halogens is 1. The van der Waals surface area contributed by atoms with Crippen LogP contribution in [0, 0.1) is 13.8 Å². The predicted octanol–water partition coefficient (Wildman–Crippen LogP) is 3.45. The number of rotatable bonds is 3. The second-order valence-corrected chi connectivity index (χ2v) is 6.50. The molecular formula is C18H20ClNO4. The fourth-order valence-corrected chi connectivity index (χ4v) is 3.18. The Balaban J connectivity index is 1.83. The summed E-state index contributed by atoms with van der Waals surface area (Å²) in [4.78, 5) is 25.8. The number of aryl methyl sites for hydroxylation is 2. The summed E-state index contributed by atoms with van der Waals surface area (Å²) in [7, 11) is 0. The largest absolute Gasteiger partial charge is 0.483 e. The van der Waals surface area contributed by atoms with Crippen LogP contribution >= 0.6 is 11.6 Å². The highest BCUT2D eigenvalue weighted by Gasteiger charge is 2.18. The zero-order valence-electron chi connectivity index (χ0n) is 13.9. The summed E-state index contributed by atoms with van der Waals surface area (Å²) < 4.78 is 11.0. The molecule has 0 atom stereocenters. The monoisotopic (exact) mass is 349 g/mol. The highest BCUT2D eigenvalue weighted by Crippen LogP contribution is 2.30. The number of carbonyl (C=O) groups excluding carboxylic acids is 1. The average molecular weight is 350 g/mol. The van der Waals surface area contributed by atoms with Crippen LogP contribution in [0.2, 0.25) is 5.02 Å². The molecule has 1 aromatic carbocycles. The third-order valence-corrected chi connectivity index (χ3v) is 4.96. The van der Waals surface area contributed by atoms with Crippen molar-refractivity contribution < 1.29 is 13.9 Å². The summed E-state index contributed by atoms with van der Waals surface area (Å²) >= 11 is 5.95. The molecular weight excluding hydrogens is 330 g/mol. The van der Waals surface area contributed by atoms with Crippen molar-refractivity contribution >= 4 is 28.5 Å². The van der Waals surface area contributed by atoms with Crippen molar-refractivity contribution in [1.82, 2.24) is 4.90 Å². The van der Waals surface area contributed by atoms with Crippen molar-refractivity contribution in [3.8, 4) is 5.75 Å². The van der Waals surface area contributed by atoms with Gasteiger partial charge in [-0.1, -0.05) is 11.6 Å². The second-order valence-electron chi connectivity index (χ2n) is 6.12. The minimum absolute atomic E-state index is 0.0108. The molecule has 0 radical (unpaired) electrons. The highest BCUT2D eigenvalue weighted by molar-refractivity contribution is 6.31. The molecule has 0 aliphatic carbocycles. The average Bonchev–Trinajstić information content (AvgIpc) is 2.60. The van der Waals surface area contributed by atoms with Crippen molar-refractivity contribution in [2.45, 2.75) is 33.1 Å². The van der Waals surface area contributed by atoms with Gasteiger partial charge < -0.3 is 14.1 Å². The summed E-state index contributed by atoms with van der Waals surface area (Å²) in [5.74, 6) is 0.528. The van der Waals surface area contributed by atoms with Crippen LogP contribution in [0.1, 0.15) is 30.4 Å². The third-order valence-electron chi connectivity index (χ3n) is 4.52. The van der Waals surface area contributed by atoms with Crippen molar-refractivity contribution in [1.29, 1.82) is 0 Å². The highest BCUT2D eigenvalue weighted by atomic mass is 35.5. The van der Waals surface area contributed by atoms with E-state index < -0.39 is 5.63 Å². The summed E-state index contributed by atoms with van der Waals surface area (Å²) in [5, 5.41) is 0.864. The minimum atomic E-state index is -0.564. The molecule has 5 nitrogen and oxygen atoms in total. The van der Waals surface area contributed by atoms with Gasteiger partial charge in [0, 0.05) is 24.0 Å². The molecule has 1 saturated heterocycles. The van der Waals surface area contributed by atoms with Crippen LogP contribution in [-0.4, -0.2) is 30.5 Å². The van der Waals surface area contributed by atoms with E-state index in [1.807, 2.05) is 4.90 Å². The van der Waals surface area contributed by atoms with Crippen LogP contribution in [0.3, 0.4) is 0 Å². The maximum atomic E-state index is 12.2. The van der Waals surface area contributed by atoms with E-state index in [1.165, 1.54) is 6.42 Å². The first-order valence-corrected chi connectivity index (χ1v) is 8.50. The van der Waals surface area contributed by atoms with Gasteiger partial charge in [-0.3, -0.25) is 4.79 Å². The molecule has 24 heavy (non-hydrogen) atoms. The van der Waals surface area contributed by atoms with Crippen LogP contribution in [0.15, 0.2) is 21.3 Å². The van der Waals surface area contributed by atoms with Gasteiger partial charge >= 0.3 is 5.63 Å². The Bertz CT molecular complexity index is 837. The van der Waals surface area contributed by atoms with Crippen LogP contribution < -0.4 is 10.4 Å². The quantitative estimate of drug-likeness (QED) is 0.796. The van der Waals surface area contributed by atoms with Crippen molar-refractivity contribution in [2.24, 2.45) is 0 Å². The van der Waals surface area contributed by atoms with Gasteiger partial charge in [-0.2, -0.15) is 0 Å².